The van der Waals surface area contributed by atoms with E-state index in [4.69, 9.17) is 0 Å². The predicted octanol–water partition coefficient (Wildman–Crippen LogP) is 2.89. The van der Waals surface area contributed by atoms with Crippen molar-refractivity contribution in [1.82, 2.24) is 10.6 Å². The van der Waals surface area contributed by atoms with Crippen LogP contribution in [0.4, 0.5) is 0 Å². The van der Waals surface area contributed by atoms with Crippen LogP contribution in [0, 0.1) is 0 Å². The quantitative estimate of drug-likeness (QED) is 0.791. The Labute approximate surface area is 126 Å². The van der Waals surface area contributed by atoms with Gasteiger partial charge in [-0.05, 0) is 37.5 Å². The van der Waals surface area contributed by atoms with Gasteiger partial charge in [-0.3, -0.25) is 9.59 Å². The molecule has 2 N–H and O–H groups in total. The Hall–Kier alpha value is -1.84. The zero-order valence-corrected chi connectivity index (χ0v) is 12.7. The summed E-state index contributed by atoms with van der Waals surface area (Å²) in [5.74, 6) is -0.191. The van der Waals surface area contributed by atoms with Crippen molar-refractivity contribution in [2.75, 3.05) is 6.54 Å². The molecule has 0 spiro atoms. The Bertz CT molecular complexity index is 493. The lowest BCUT2D eigenvalue weighted by atomic mass is 10.1. The summed E-state index contributed by atoms with van der Waals surface area (Å²) in [6.45, 7) is 2.76. The summed E-state index contributed by atoms with van der Waals surface area (Å²) < 4.78 is 0. The fraction of sp³-hybridized carbons (Fsp3) is 0.529. The van der Waals surface area contributed by atoms with Gasteiger partial charge in [-0.25, -0.2) is 0 Å². The van der Waals surface area contributed by atoms with Gasteiger partial charge in [-0.15, -0.1) is 0 Å². The van der Waals surface area contributed by atoms with E-state index in [1.807, 2.05) is 0 Å². The van der Waals surface area contributed by atoms with Crippen molar-refractivity contribution >= 4 is 11.8 Å². The fourth-order valence-corrected chi connectivity index (χ4v) is 2.62. The van der Waals surface area contributed by atoms with Crippen molar-refractivity contribution in [3.8, 4) is 0 Å². The van der Waals surface area contributed by atoms with Gasteiger partial charge in [0, 0.05) is 23.7 Å². The van der Waals surface area contributed by atoms with Crippen molar-refractivity contribution in [2.45, 2.75) is 51.5 Å². The Morgan fingerprint density at radius 2 is 1.81 bits per heavy atom. The van der Waals surface area contributed by atoms with E-state index >= 15 is 0 Å². The first-order chi connectivity index (χ1) is 10.2. The normalized spacial score (nSPS) is 14.9. The average molecular weight is 288 g/mol. The van der Waals surface area contributed by atoms with Crippen LogP contribution >= 0.6 is 0 Å². The molecule has 1 aromatic carbocycles. The van der Waals surface area contributed by atoms with E-state index in [9.17, 15) is 9.59 Å². The lowest BCUT2D eigenvalue weighted by Crippen LogP contribution is -2.32. The molecule has 1 aliphatic rings. The van der Waals surface area contributed by atoms with Crippen LogP contribution in [-0.2, 0) is 0 Å². The van der Waals surface area contributed by atoms with E-state index in [2.05, 4.69) is 17.6 Å². The van der Waals surface area contributed by atoms with Gasteiger partial charge in [0.15, 0.2) is 0 Å². The second kappa shape index (κ2) is 7.81. The Morgan fingerprint density at radius 3 is 2.48 bits per heavy atom. The van der Waals surface area contributed by atoms with Crippen molar-refractivity contribution in [2.24, 2.45) is 0 Å². The van der Waals surface area contributed by atoms with E-state index in [0.717, 1.165) is 25.7 Å². The van der Waals surface area contributed by atoms with Gasteiger partial charge in [0.2, 0.25) is 0 Å². The maximum absolute atomic E-state index is 12.2. The summed E-state index contributed by atoms with van der Waals surface area (Å²) in [5, 5.41) is 5.91. The van der Waals surface area contributed by atoms with Crippen LogP contribution < -0.4 is 10.6 Å². The first-order valence-corrected chi connectivity index (χ1v) is 7.90. The number of hydrogen-bond acceptors (Lipinski definition) is 2. The van der Waals surface area contributed by atoms with Crippen molar-refractivity contribution in [3.63, 3.8) is 0 Å². The van der Waals surface area contributed by atoms with Crippen molar-refractivity contribution in [3.05, 3.63) is 35.4 Å². The van der Waals surface area contributed by atoms with Crippen molar-refractivity contribution < 1.29 is 9.59 Å². The van der Waals surface area contributed by atoms with Crippen LogP contribution in [0.2, 0.25) is 0 Å². The molecule has 114 valence electrons. The van der Waals surface area contributed by atoms with E-state index in [1.54, 1.807) is 24.3 Å². The smallest absolute Gasteiger partial charge is 0.251 e. The highest BCUT2D eigenvalue weighted by molar-refractivity contribution is 5.99. The molecule has 2 rings (SSSR count). The Kier molecular flexibility index (Phi) is 5.78. The molecule has 0 saturated heterocycles. The molecule has 0 bridgehead atoms. The minimum Gasteiger partial charge on any atom is -0.352 e. The van der Waals surface area contributed by atoms with Gasteiger partial charge in [-0.2, -0.15) is 0 Å². The van der Waals surface area contributed by atoms with Gasteiger partial charge in [0.1, 0.15) is 0 Å². The third-order valence-electron chi connectivity index (χ3n) is 3.89. The zero-order chi connectivity index (χ0) is 15.1. The number of rotatable bonds is 6. The average Bonchev–Trinajstić information content (AvgIpc) is 3.00. The predicted molar refractivity (Wildman–Crippen MR) is 83.4 cm³/mol. The summed E-state index contributed by atoms with van der Waals surface area (Å²) in [6.07, 6.45) is 6.50. The number of carbonyl (C=O) groups excluding carboxylic acids is 2. The first-order valence-electron chi connectivity index (χ1n) is 7.90. The number of benzene rings is 1. The van der Waals surface area contributed by atoms with Crippen LogP contribution in [0.3, 0.4) is 0 Å². The molecular formula is C17H24N2O2. The summed E-state index contributed by atoms with van der Waals surface area (Å²) in [6, 6.07) is 7.23. The van der Waals surface area contributed by atoms with Gasteiger partial charge in [-0.1, -0.05) is 32.3 Å². The van der Waals surface area contributed by atoms with Crippen LogP contribution in [-0.4, -0.2) is 24.4 Å². The second-order valence-corrected chi connectivity index (χ2v) is 5.65. The molecular weight excluding hydrogens is 264 g/mol. The third kappa shape index (κ3) is 4.59. The van der Waals surface area contributed by atoms with Crippen LogP contribution in [0.15, 0.2) is 24.3 Å². The molecule has 21 heavy (non-hydrogen) atoms. The summed E-state index contributed by atoms with van der Waals surface area (Å²) in [4.78, 5) is 24.2. The lowest BCUT2D eigenvalue weighted by Gasteiger charge is -2.12. The minimum absolute atomic E-state index is 0.0786. The van der Waals surface area contributed by atoms with Crippen LogP contribution in [0.25, 0.3) is 0 Å². The third-order valence-corrected chi connectivity index (χ3v) is 3.89. The SMILES string of the molecule is CCCCNC(=O)c1cccc(C(=O)NC2CCCC2)c1. The molecule has 1 aromatic rings. The first kappa shape index (κ1) is 15.5. The van der Waals surface area contributed by atoms with E-state index < -0.39 is 0 Å². The summed E-state index contributed by atoms with van der Waals surface area (Å²) >= 11 is 0. The molecule has 0 aliphatic heterocycles. The van der Waals surface area contributed by atoms with Crippen molar-refractivity contribution in [1.29, 1.82) is 0 Å². The number of unbranched alkanes of at least 4 members (excludes halogenated alkanes) is 1. The van der Waals surface area contributed by atoms with E-state index in [1.165, 1.54) is 12.8 Å². The fourth-order valence-electron chi connectivity index (χ4n) is 2.62. The van der Waals surface area contributed by atoms with Gasteiger partial charge in [0.05, 0.1) is 0 Å². The number of amides is 2. The standard InChI is InChI=1S/C17H24N2O2/c1-2-3-11-18-16(20)13-7-6-8-14(12-13)17(21)19-15-9-4-5-10-15/h6-8,12,15H,2-5,9-11H2,1H3,(H,18,20)(H,19,21). The maximum atomic E-state index is 12.2. The van der Waals surface area contributed by atoms with Gasteiger partial charge >= 0.3 is 0 Å². The molecule has 1 aliphatic carbocycles. The molecule has 0 atom stereocenters. The maximum Gasteiger partial charge on any atom is 0.251 e. The molecule has 0 unspecified atom stereocenters. The topological polar surface area (TPSA) is 58.2 Å². The summed E-state index contributed by atoms with van der Waals surface area (Å²) in [5.41, 5.74) is 1.11. The molecule has 0 radical (unpaired) electrons. The lowest BCUT2D eigenvalue weighted by molar-refractivity contribution is 0.0938. The largest absolute Gasteiger partial charge is 0.352 e. The molecule has 0 aromatic heterocycles. The molecule has 2 amide bonds. The number of hydrogen-bond donors (Lipinski definition) is 2. The highest BCUT2D eigenvalue weighted by Crippen LogP contribution is 2.18. The van der Waals surface area contributed by atoms with Crippen LogP contribution in [0.1, 0.15) is 66.2 Å². The monoisotopic (exact) mass is 288 g/mol. The highest BCUT2D eigenvalue weighted by Gasteiger charge is 2.18. The van der Waals surface area contributed by atoms with Gasteiger partial charge < -0.3 is 10.6 Å². The number of nitrogens with one attached hydrogen (secondary N) is 2. The Morgan fingerprint density at radius 1 is 1.14 bits per heavy atom. The van der Waals surface area contributed by atoms with E-state index in [0.29, 0.717) is 23.7 Å². The zero-order valence-electron chi connectivity index (χ0n) is 12.7. The highest BCUT2D eigenvalue weighted by atomic mass is 16.2. The molecule has 1 fully saturated rings. The molecule has 1 saturated carbocycles. The van der Waals surface area contributed by atoms with Crippen LogP contribution in [0.5, 0.6) is 0 Å². The number of carbonyl (C=O) groups is 2. The molecule has 0 heterocycles. The molecule has 4 heteroatoms. The minimum atomic E-state index is -0.112. The molecule has 4 nitrogen and oxygen atoms in total. The Balaban J connectivity index is 1.95. The van der Waals surface area contributed by atoms with Gasteiger partial charge in [0.25, 0.3) is 11.8 Å². The summed E-state index contributed by atoms with van der Waals surface area (Å²) in [7, 11) is 0. The second-order valence-electron chi connectivity index (χ2n) is 5.65. The van der Waals surface area contributed by atoms with E-state index in [-0.39, 0.29) is 11.8 Å².